The van der Waals surface area contributed by atoms with E-state index in [9.17, 15) is 8.42 Å². The second-order valence-corrected chi connectivity index (χ2v) is 6.65. The molecule has 0 heterocycles. The minimum Gasteiger partial charge on any atom is -0.399 e. The SMILES string of the molecule is Nc1cccc(CS(=O)(=O)NCC2CC(O)C2)c1. The van der Waals surface area contributed by atoms with Gasteiger partial charge in [0, 0.05) is 12.2 Å². The van der Waals surface area contributed by atoms with Crippen molar-refractivity contribution >= 4 is 15.7 Å². The molecule has 0 amide bonds. The molecule has 0 bridgehead atoms. The number of hydrogen-bond acceptors (Lipinski definition) is 4. The standard InChI is InChI=1S/C12H18N2O3S/c13-11-3-1-2-9(4-11)8-18(16,17)14-7-10-5-12(15)6-10/h1-4,10,12,14-15H,5-8,13H2. The van der Waals surface area contributed by atoms with Crippen molar-refractivity contribution < 1.29 is 13.5 Å². The van der Waals surface area contributed by atoms with Crippen molar-refractivity contribution in [2.75, 3.05) is 12.3 Å². The highest BCUT2D eigenvalue weighted by Gasteiger charge is 2.28. The third-order valence-corrected chi connectivity index (χ3v) is 4.43. The Bertz CT molecular complexity index is 510. The van der Waals surface area contributed by atoms with Crippen LogP contribution in [0, 0.1) is 5.92 Å². The van der Waals surface area contributed by atoms with Gasteiger partial charge in [-0.1, -0.05) is 12.1 Å². The molecule has 0 saturated heterocycles. The minimum atomic E-state index is -3.33. The lowest BCUT2D eigenvalue weighted by Gasteiger charge is -2.31. The smallest absolute Gasteiger partial charge is 0.215 e. The van der Waals surface area contributed by atoms with Crippen LogP contribution in [0.15, 0.2) is 24.3 Å². The van der Waals surface area contributed by atoms with Gasteiger partial charge in [-0.25, -0.2) is 13.1 Å². The van der Waals surface area contributed by atoms with Crippen LogP contribution >= 0.6 is 0 Å². The van der Waals surface area contributed by atoms with Crippen molar-refractivity contribution in [3.63, 3.8) is 0 Å². The van der Waals surface area contributed by atoms with Crippen molar-refractivity contribution in [2.24, 2.45) is 5.92 Å². The molecule has 6 heteroatoms. The third kappa shape index (κ3) is 3.69. The Balaban J connectivity index is 1.87. The second kappa shape index (κ2) is 5.26. The van der Waals surface area contributed by atoms with Crippen LogP contribution < -0.4 is 10.5 Å². The summed E-state index contributed by atoms with van der Waals surface area (Å²) in [6, 6.07) is 6.86. The summed E-state index contributed by atoms with van der Waals surface area (Å²) in [5.74, 6) is 0.198. The molecule has 0 unspecified atom stereocenters. The fourth-order valence-electron chi connectivity index (χ4n) is 2.07. The van der Waals surface area contributed by atoms with E-state index in [0.717, 1.165) is 0 Å². The topological polar surface area (TPSA) is 92.4 Å². The Morgan fingerprint density at radius 2 is 2.11 bits per heavy atom. The zero-order valence-corrected chi connectivity index (χ0v) is 10.9. The van der Waals surface area contributed by atoms with Crippen LogP contribution in [0.2, 0.25) is 0 Å². The normalized spacial score (nSPS) is 23.6. The summed E-state index contributed by atoms with van der Waals surface area (Å²) in [5, 5.41) is 9.12. The number of aliphatic hydroxyl groups excluding tert-OH is 1. The maximum absolute atomic E-state index is 11.8. The molecule has 18 heavy (non-hydrogen) atoms. The first-order valence-corrected chi connectivity index (χ1v) is 7.59. The number of aliphatic hydroxyl groups is 1. The quantitative estimate of drug-likeness (QED) is 0.678. The maximum atomic E-state index is 11.8. The number of nitrogens with two attached hydrogens (primary N) is 1. The van der Waals surface area contributed by atoms with Crippen LogP contribution in [-0.2, 0) is 15.8 Å². The number of hydrogen-bond donors (Lipinski definition) is 3. The monoisotopic (exact) mass is 270 g/mol. The summed E-state index contributed by atoms with van der Waals surface area (Å²) in [5.41, 5.74) is 6.84. The maximum Gasteiger partial charge on any atom is 0.215 e. The summed E-state index contributed by atoms with van der Waals surface area (Å²) in [6.07, 6.45) is 1.11. The van der Waals surface area contributed by atoms with E-state index in [4.69, 9.17) is 10.8 Å². The fraction of sp³-hybridized carbons (Fsp3) is 0.500. The van der Waals surface area contributed by atoms with E-state index in [1.54, 1.807) is 24.3 Å². The molecule has 1 aromatic carbocycles. The molecule has 1 aliphatic rings. The van der Waals surface area contributed by atoms with E-state index < -0.39 is 10.0 Å². The molecule has 0 radical (unpaired) electrons. The lowest BCUT2D eigenvalue weighted by molar-refractivity contribution is 0.0453. The van der Waals surface area contributed by atoms with Gasteiger partial charge in [-0.3, -0.25) is 0 Å². The second-order valence-electron chi connectivity index (χ2n) is 4.84. The minimum absolute atomic E-state index is 0.0622. The molecule has 0 atom stereocenters. The summed E-state index contributed by atoms with van der Waals surface area (Å²) in [6.45, 7) is 0.404. The molecule has 2 rings (SSSR count). The van der Waals surface area contributed by atoms with Crippen molar-refractivity contribution in [2.45, 2.75) is 24.7 Å². The number of anilines is 1. The van der Waals surface area contributed by atoms with E-state index in [1.165, 1.54) is 0 Å². The molecular formula is C12H18N2O3S. The highest BCUT2D eigenvalue weighted by atomic mass is 32.2. The van der Waals surface area contributed by atoms with Crippen LogP contribution in [0.5, 0.6) is 0 Å². The lowest BCUT2D eigenvalue weighted by Crippen LogP contribution is -2.38. The molecular weight excluding hydrogens is 252 g/mol. The Morgan fingerprint density at radius 3 is 2.72 bits per heavy atom. The molecule has 100 valence electrons. The van der Waals surface area contributed by atoms with Gasteiger partial charge >= 0.3 is 0 Å². The van der Waals surface area contributed by atoms with Crippen molar-refractivity contribution in [1.82, 2.24) is 4.72 Å². The molecule has 5 nitrogen and oxygen atoms in total. The van der Waals surface area contributed by atoms with Crippen molar-refractivity contribution in [1.29, 1.82) is 0 Å². The Labute approximate surface area is 107 Å². The molecule has 4 N–H and O–H groups in total. The first kappa shape index (κ1) is 13.3. The first-order chi connectivity index (χ1) is 8.44. The third-order valence-electron chi connectivity index (χ3n) is 3.11. The number of benzene rings is 1. The van der Waals surface area contributed by atoms with E-state index in [0.29, 0.717) is 30.6 Å². The molecule has 0 aliphatic heterocycles. The Kier molecular flexibility index (Phi) is 3.89. The van der Waals surface area contributed by atoms with Crippen LogP contribution in [0.3, 0.4) is 0 Å². The van der Waals surface area contributed by atoms with Gasteiger partial charge in [0.1, 0.15) is 0 Å². The first-order valence-electron chi connectivity index (χ1n) is 5.94. The average Bonchev–Trinajstić information content (AvgIpc) is 2.22. The van der Waals surface area contributed by atoms with E-state index in [1.807, 2.05) is 0 Å². The van der Waals surface area contributed by atoms with E-state index in [-0.39, 0.29) is 17.8 Å². The highest BCUT2D eigenvalue weighted by Crippen LogP contribution is 2.26. The van der Waals surface area contributed by atoms with Crippen LogP contribution in [0.25, 0.3) is 0 Å². The lowest BCUT2D eigenvalue weighted by atomic mass is 9.83. The van der Waals surface area contributed by atoms with E-state index >= 15 is 0 Å². The Hall–Kier alpha value is -1.11. The predicted molar refractivity (Wildman–Crippen MR) is 70.2 cm³/mol. The molecule has 0 aromatic heterocycles. The number of nitrogens with one attached hydrogen (secondary N) is 1. The van der Waals surface area contributed by atoms with Gasteiger partial charge in [-0.2, -0.15) is 0 Å². The van der Waals surface area contributed by atoms with Gasteiger partial charge in [-0.05, 0) is 36.5 Å². The van der Waals surface area contributed by atoms with Gasteiger partial charge < -0.3 is 10.8 Å². The zero-order chi connectivity index (χ0) is 13.2. The average molecular weight is 270 g/mol. The number of sulfonamides is 1. The van der Waals surface area contributed by atoms with Gasteiger partial charge in [0.05, 0.1) is 11.9 Å². The van der Waals surface area contributed by atoms with Crippen molar-refractivity contribution in [3.05, 3.63) is 29.8 Å². The van der Waals surface area contributed by atoms with Crippen LogP contribution in [-0.4, -0.2) is 26.2 Å². The number of nitrogen functional groups attached to an aromatic ring is 1. The van der Waals surface area contributed by atoms with E-state index in [2.05, 4.69) is 4.72 Å². The summed E-state index contributed by atoms with van der Waals surface area (Å²) in [7, 11) is -3.33. The van der Waals surface area contributed by atoms with Gasteiger partial charge in [0.2, 0.25) is 10.0 Å². The largest absolute Gasteiger partial charge is 0.399 e. The Morgan fingerprint density at radius 1 is 1.39 bits per heavy atom. The molecule has 1 aromatic rings. The molecule has 0 spiro atoms. The summed E-state index contributed by atoms with van der Waals surface area (Å²) < 4.78 is 26.2. The van der Waals surface area contributed by atoms with Gasteiger partial charge in [0.25, 0.3) is 0 Å². The number of rotatable bonds is 5. The van der Waals surface area contributed by atoms with Crippen molar-refractivity contribution in [3.8, 4) is 0 Å². The van der Waals surface area contributed by atoms with Gasteiger partial charge in [-0.15, -0.1) is 0 Å². The molecule has 1 saturated carbocycles. The highest BCUT2D eigenvalue weighted by molar-refractivity contribution is 7.88. The molecule has 1 aliphatic carbocycles. The van der Waals surface area contributed by atoms with Gasteiger partial charge in [0.15, 0.2) is 0 Å². The van der Waals surface area contributed by atoms with Crippen LogP contribution in [0.4, 0.5) is 5.69 Å². The predicted octanol–water partition coefficient (Wildman–Crippen LogP) is 0.459. The summed E-state index contributed by atoms with van der Waals surface area (Å²) >= 11 is 0. The van der Waals surface area contributed by atoms with Crippen LogP contribution in [0.1, 0.15) is 18.4 Å². The molecule has 1 fully saturated rings. The summed E-state index contributed by atoms with van der Waals surface area (Å²) in [4.78, 5) is 0. The fourth-order valence-corrected chi connectivity index (χ4v) is 3.28. The zero-order valence-electron chi connectivity index (χ0n) is 10.0.